The summed E-state index contributed by atoms with van der Waals surface area (Å²) < 4.78 is 36.8. The van der Waals surface area contributed by atoms with E-state index in [1.165, 1.54) is 35.6 Å². The third-order valence-electron chi connectivity index (χ3n) is 2.68. The summed E-state index contributed by atoms with van der Waals surface area (Å²) in [6, 6.07) is 5.14. The number of benzene rings is 1. The summed E-state index contributed by atoms with van der Waals surface area (Å²) in [7, 11) is -3.47. The summed E-state index contributed by atoms with van der Waals surface area (Å²) in [5.74, 6) is -1.02. The van der Waals surface area contributed by atoms with Crippen LogP contribution >= 0.6 is 11.3 Å². The van der Waals surface area contributed by atoms with E-state index in [2.05, 4.69) is 4.98 Å². The van der Waals surface area contributed by atoms with E-state index in [0.29, 0.717) is 10.6 Å². The lowest BCUT2D eigenvalue weighted by atomic mass is 10.1. The van der Waals surface area contributed by atoms with Crippen LogP contribution in [-0.2, 0) is 15.6 Å². The van der Waals surface area contributed by atoms with Crippen LogP contribution in [0.4, 0.5) is 4.39 Å². The van der Waals surface area contributed by atoms with Crippen LogP contribution in [0.3, 0.4) is 0 Å². The minimum absolute atomic E-state index is 0.191. The third kappa shape index (κ3) is 4.09. The average molecular weight is 315 g/mol. The number of halogens is 1. The fraction of sp³-hybridized carbons (Fsp3) is 0.308. The minimum Gasteiger partial charge on any atom is -0.387 e. The van der Waals surface area contributed by atoms with Gasteiger partial charge in [0.15, 0.2) is 9.84 Å². The summed E-state index contributed by atoms with van der Waals surface area (Å²) in [6.07, 6.45) is -1.17. The Bertz CT molecular complexity index is 680. The molecule has 2 aromatic rings. The van der Waals surface area contributed by atoms with Gasteiger partial charge in [-0.1, -0.05) is 12.1 Å². The van der Waals surface area contributed by atoms with Gasteiger partial charge in [0.2, 0.25) is 0 Å². The molecule has 4 nitrogen and oxygen atoms in total. The fourth-order valence-electron chi connectivity index (χ4n) is 1.74. The van der Waals surface area contributed by atoms with Crippen LogP contribution in [0.1, 0.15) is 22.4 Å². The summed E-state index contributed by atoms with van der Waals surface area (Å²) >= 11 is 1.28. The van der Waals surface area contributed by atoms with Gasteiger partial charge in [0.25, 0.3) is 0 Å². The van der Waals surface area contributed by atoms with E-state index in [0.717, 1.165) is 5.69 Å². The molecule has 108 valence electrons. The molecule has 1 N–H and O–H groups in total. The predicted molar refractivity (Wildman–Crippen MR) is 75.7 cm³/mol. The molecule has 0 saturated carbocycles. The van der Waals surface area contributed by atoms with Crippen LogP contribution in [0.2, 0.25) is 0 Å². The van der Waals surface area contributed by atoms with E-state index in [9.17, 15) is 17.9 Å². The summed E-state index contributed by atoms with van der Waals surface area (Å²) in [5.41, 5.74) is 1.16. The number of nitrogens with zero attached hydrogens (tertiary/aromatic N) is 1. The molecule has 7 heteroatoms. The fourth-order valence-corrected chi connectivity index (χ4v) is 4.34. The molecule has 0 spiro atoms. The standard InChI is InChI=1S/C13H14FNO3S2/c1-9-6-19-13(15-9)8-20(17,18)7-12(16)10-2-4-11(14)5-3-10/h2-6,12,16H,7-8H2,1H3. The van der Waals surface area contributed by atoms with Gasteiger partial charge in [-0.3, -0.25) is 0 Å². The second-order valence-corrected chi connectivity index (χ2v) is 7.56. The Morgan fingerprint density at radius 2 is 2.00 bits per heavy atom. The lowest BCUT2D eigenvalue weighted by Gasteiger charge is -2.11. The minimum atomic E-state index is -3.47. The molecule has 0 aliphatic carbocycles. The molecule has 1 atom stereocenters. The molecule has 0 saturated heterocycles. The maximum absolute atomic E-state index is 12.8. The van der Waals surface area contributed by atoms with Crippen molar-refractivity contribution in [1.29, 1.82) is 0 Å². The van der Waals surface area contributed by atoms with Crippen LogP contribution in [0.15, 0.2) is 29.6 Å². The molecule has 1 heterocycles. The van der Waals surface area contributed by atoms with Crippen molar-refractivity contribution in [1.82, 2.24) is 4.98 Å². The number of aliphatic hydroxyl groups excluding tert-OH is 1. The first-order chi connectivity index (χ1) is 9.35. The highest BCUT2D eigenvalue weighted by molar-refractivity contribution is 7.90. The number of rotatable bonds is 5. The van der Waals surface area contributed by atoms with Crippen molar-refractivity contribution in [3.8, 4) is 0 Å². The molecule has 0 aliphatic rings. The molecule has 0 amide bonds. The van der Waals surface area contributed by atoms with E-state index >= 15 is 0 Å². The number of thiazole rings is 1. The van der Waals surface area contributed by atoms with Gasteiger partial charge >= 0.3 is 0 Å². The smallest absolute Gasteiger partial charge is 0.159 e. The zero-order valence-corrected chi connectivity index (χ0v) is 12.4. The van der Waals surface area contributed by atoms with E-state index in [1.54, 1.807) is 12.3 Å². The number of aryl methyl sites for hydroxylation is 1. The van der Waals surface area contributed by atoms with Gasteiger partial charge in [-0.2, -0.15) is 0 Å². The van der Waals surface area contributed by atoms with Crippen LogP contribution < -0.4 is 0 Å². The van der Waals surface area contributed by atoms with Crippen molar-refractivity contribution in [2.24, 2.45) is 0 Å². The number of aliphatic hydroxyl groups is 1. The lowest BCUT2D eigenvalue weighted by molar-refractivity contribution is 0.201. The van der Waals surface area contributed by atoms with E-state index in [-0.39, 0.29) is 5.75 Å². The maximum Gasteiger partial charge on any atom is 0.159 e. The lowest BCUT2D eigenvalue weighted by Crippen LogP contribution is -2.16. The van der Waals surface area contributed by atoms with Gasteiger partial charge in [0.1, 0.15) is 16.6 Å². The largest absolute Gasteiger partial charge is 0.387 e. The first kappa shape index (κ1) is 15.1. The van der Waals surface area contributed by atoms with Crippen molar-refractivity contribution in [3.05, 3.63) is 51.7 Å². The molecular formula is C13H14FNO3S2. The Morgan fingerprint density at radius 3 is 2.55 bits per heavy atom. The highest BCUT2D eigenvalue weighted by atomic mass is 32.2. The maximum atomic E-state index is 12.8. The Balaban J connectivity index is 2.05. The number of aromatic nitrogens is 1. The SMILES string of the molecule is Cc1csc(CS(=O)(=O)CC(O)c2ccc(F)cc2)n1. The monoisotopic (exact) mass is 315 g/mol. The summed E-state index contributed by atoms with van der Waals surface area (Å²) in [4.78, 5) is 4.10. The zero-order valence-electron chi connectivity index (χ0n) is 10.8. The number of sulfone groups is 1. The van der Waals surface area contributed by atoms with E-state index in [1.807, 2.05) is 0 Å². The van der Waals surface area contributed by atoms with Crippen molar-refractivity contribution >= 4 is 21.2 Å². The molecule has 1 unspecified atom stereocenters. The molecule has 0 fully saturated rings. The molecule has 0 bridgehead atoms. The van der Waals surface area contributed by atoms with Crippen molar-refractivity contribution < 1.29 is 17.9 Å². The van der Waals surface area contributed by atoms with Crippen molar-refractivity contribution in [2.45, 2.75) is 18.8 Å². The quantitative estimate of drug-likeness (QED) is 0.919. The van der Waals surface area contributed by atoms with Crippen LogP contribution in [0.25, 0.3) is 0 Å². The first-order valence-corrected chi connectivity index (χ1v) is 8.61. The van der Waals surface area contributed by atoms with Crippen LogP contribution in [-0.4, -0.2) is 24.3 Å². The highest BCUT2D eigenvalue weighted by Gasteiger charge is 2.20. The first-order valence-electron chi connectivity index (χ1n) is 5.91. The topological polar surface area (TPSA) is 67.3 Å². The van der Waals surface area contributed by atoms with Gasteiger partial charge in [-0.05, 0) is 24.6 Å². The van der Waals surface area contributed by atoms with Crippen molar-refractivity contribution in [3.63, 3.8) is 0 Å². The average Bonchev–Trinajstić information content (AvgIpc) is 2.73. The van der Waals surface area contributed by atoms with Crippen LogP contribution in [0.5, 0.6) is 0 Å². The Labute approximate surface area is 120 Å². The van der Waals surface area contributed by atoms with Gasteiger partial charge in [0.05, 0.1) is 11.9 Å². The highest BCUT2D eigenvalue weighted by Crippen LogP contribution is 2.19. The molecule has 0 aliphatic heterocycles. The molecular weight excluding hydrogens is 301 g/mol. The predicted octanol–water partition coefficient (Wildman–Crippen LogP) is 2.24. The molecule has 0 radical (unpaired) electrons. The third-order valence-corrected chi connectivity index (χ3v) is 5.36. The normalized spacial score (nSPS) is 13.3. The van der Waals surface area contributed by atoms with Gasteiger partial charge < -0.3 is 5.11 Å². The van der Waals surface area contributed by atoms with Gasteiger partial charge in [0, 0.05) is 11.1 Å². The van der Waals surface area contributed by atoms with Gasteiger partial charge in [-0.15, -0.1) is 11.3 Å². The second kappa shape index (κ2) is 5.99. The number of hydrogen-bond acceptors (Lipinski definition) is 5. The van der Waals surface area contributed by atoms with E-state index in [4.69, 9.17) is 0 Å². The Kier molecular flexibility index (Phi) is 4.52. The molecule has 20 heavy (non-hydrogen) atoms. The molecule has 1 aromatic heterocycles. The Hall–Kier alpha value is -1.31. The summed E-state index contributed by atoms with van der Waals surface area (Å²) in [5, 5.41) is 12.2. The Morgan fingerprint density at radius 1 is 1.35 bits per heavy atom. The van der Waals surface area contributed by atoms with Gasteiger partial charge in [-0.25, -0.2) is 17.8 Å². The van der Waals surface area contributed by atoms with Crippen molar-refractivity contribution in [2.75, 3.05) is 5.75 Å². The summed E-state index contributed by atoms with van der Waals surface area (Å²) in [6.45, 7) is 1.79. The zero-order chi connectivity index (χ0) is 14.8. The van der Waals surface area contributed by atoms with Crippen LogP contribution in [0, 0.1) is 12.7 Å². The van der Waals surface area contributed by atoms with E-state index < -0.39 is 27.5 Å². The molecule has 1 aromatic carbocycles. The second-order valence-electron chi connectivity index (χ2n) is 4.50. The molecule has 2 rings (SSSR count). The number of hydrogen-bond donors (Lipinski definition) is 1.